The van der Waals surface area contributed by atoms with E-state index in [0.29, 0.717) is 26.8 Å². The normalized spacial score (nSPS) is 17.3. The Hall–Kier alpha value is -3.70. The number of anilines is 4. The molecule has 9 nitrogen and oxygen atoms in total. The van der Waals surface area contributed by atoms with Crippen molar-refractivity contribution < 1.29 is 9.90 Å². The highest BCUT2D eigenvalue weighted by Crippen LogP contribution is 2.32. The van der Waals surface area contributed by atoms with Gasteiger partial charge in [-0.25, -0.2) is 0 Å². The van der Waals surface area contributed by atoms with Gasteiger partial charge in [-0.05, 0) is 61.0 Å². The number of phenols is 1. The molecule has 1 saturated heterocycles. The van der Waals surface area contributed by atoms with Gasteiger partial charge < -0.3 is 15.7 Å². The summed E-state index contributed by atoms with van der Waals surface area (Å²) < 4.78 is 0.357. The lowest BCUT2D eigenvalue weighted by molar-refractivity contribution is -0.121. The number of thiocarbonyl (C=S) groups is 1. The Labute approximate surface area is 212 Å². The van der Waals surface area contributed by atoms with Crippen LogP contribution in [0.1, 0.15) is 31.2 Å². The van der Waals surface area contributed by atoms with Crippen LogP contribution < -0.4 is 16.1 Å². The van der Waals surface area contributed by atoms with Crippen molar-refractivity contribution in [3.8, 4) is 5.75 Å². The number of phenolic OH excluding ortho intramolecular Hbond substituents is 1. The van der Waals surface area contributed by atoms with Gasteiger partial charge in [0, 0.05) is 11.7 Å². The third kappa shape index (κ3) is 5.69. The van der Waals surface area contributed by atoms with E-state index in [1.807, 2.05) is 30.3 Å². The Morgan fingerprint density at radius 2 is 1.66 bits per heavy atom. The van der Waals surface area contributed by atoms with E-state index >= 15 is 0 Å². The summed E-state index contributed by atoms with van der Waals surface area (Å²) in [5, 5.41) is 17.3. The molecule has 1 saturated carbocycles. The van der Waals surface area contributed by atoms with Crippen molar-refractivity contribution in [2.24, 2.45) is 0 Å². The lowest BCUT2D eigenvalue weighted by atomic mass is 10.2. The molecule has 1 amide bonds. The van der Waals surface area contributed by atoms with E-state index in [1.165, 1.54) is 16.8 Å². The highest BCUT2D eigenvalue weighted by atomic mass is 32.2. The summed E-state index contributed by atoms with van der Waals surface area (Å²) in [6, 6.07) is 16.5. The van der Waals surface area contributed by atoms with Crippen LogP contribution in [0.3, 0.4) is 0 Å². The number of nitrogens with one attached hydrogen (secondary N) is 3. The fourth-order valence-corrected chi connectivity index (χ4v) is 5.02. The van der Waals surface area contributed by atoms with E-state index < -0.39 is 0 Å². The van der Waals surface area contributed by atoms with E-state index in [1.54, 1.807) is 30.3 Å². The van der Waals surface area contributed by atoms with Crippen LogP contribution in [0.2, 0.25) is 0 Å². The second-order valence-corrected chi connectivity index (χ2v) is 9.82. The van der Waals surface area contributed by atoms with Crippen molar-refractivity contribution in [2.75, 3.05) is 16.1 Å². The monoisotopic (exact) mass is 505 g/mol. The third-order valence-corrected chi connectivity index (χ3v) is 6.85. The average molecular weight is 506 g/mol. The molecule has 0 bridgehead atoms. The van der Waals surface area contributed by atoms with Crippen molar-refractivity contribution in [3.63, 3.8) is 0 Å². The number of hydrogen-bond acceptors (Lipinski definition) is 10. The van der Waals surface area contributed by atoms with Gasteiger partial charge in [0.05, 0.1) is 4.91 Å². The summed E-state index contributed by atoms with van der Waals surface area (Å²) in [6.45, 7) is 0. The Morgan fingerprint density at radius 1 is 0.971 bits per heavy atom. The summed E-state index contributed by atoms with van der Waals surface area (Å²) in [7, 11) is 0. The number of thioether (sulfide) groups is 1. The number of nitrogens with zero attached hydrogens (tertiary/aromatic N) is 4. The summed E-state index contributed by atoms with van der Waals surface area (Å²) in [6.07, 6.45) is 6.23. The molecule has 1 aliphatic carbocycles. The second-order valence-electron chi connectivity index (χ2n) is 8.14. The molecule has 1 aromatic heterocycles. The van der Waals surface area contributed by atoms with Gasteiger partial charge in [0.25, 0.3) is 5.91 Å². The van der Waals surface area contributed by atoms with E-state index in [0.717, 1.165) is 31.2 Å². The van der Waals surface area contributed by atoms with Crippen LogP contribution >= 0.6 is 24.0 Å². The predicted octanol–water partition coefficient (Wildman–Crippen LogP) is 4.90. The zero-order chi connectivity index (χ0) is 24.2. The van der Waals surface area contributed by atoms with Crippen molar-refractivity contribution in [2.45, 2.75) is 31.7 Å². The molecular formula is C24H23N7O2S2. The van der Waals surface area contributed by atoms with Gasteiger partial charge in [-0.1, -0.05) is 54.9 Å². The number of amides is 1. The number of benzene rings is 2. The molecule has 0 spiro atoms. The van der Waals surface area contributed by atoms with E-state index in [4.69, 9.17) is 12.2 Å². The lowest BCUT2D eigenvalue weighted by Crippen LogP contribution is -2.35. The van der Waals surface area contributed by atoms with Crippen LogP contribution in [0.5, 0.6) is 5.75 Å². The first-order valence-corrected chi connectivity index (χ1v) is 12.4. The zero-order valence-electron chi connectivity index (χ0n) is 18.6. The molecule has 0 radical (unpaired) electrons. The van der Waals surface area contributed by atoms with Crippen molar-refractivity contribution in [1.82, 2.24) is 20.0 Å². The highest BCUT2D eigenvalue weighted by molar-refractivity contribution is 8.26. The van der Waals surface area contributed by atoms with E-state index in [2.05, 4.69) is 31.0 Å². The average Bonchev–Trinajstić information content (AvgIpc) is 3.45. The molecule has 5 rings (SSSR count). The number of rotatable bonds is 7. The lowest BCUT2D eigenvalue weighted by Gasteiger charge is -2.18. The maximum absolute atomic E-state index is 13.1. The topological polar surface area (TPSA) is 115 Å². The first-order chi connectivity index (χ1) is 17.0. The number of carbonyl (C=O) groups is 1. The van der Waals surface area contributed by atoms with Gasteiger partial charge >= 0.3 is 0 Å². The minimum atomic E-state index is -0.275. The van der Waals surface area contributed by atoms with Gasteiger partial charge in [0.1, 0.15) is 5.75 Å². The van der Waals surface area contributed by atoms with Gasteiger partial charge in [0.15, 0.2) is 4.32 Å². The zero-order valence-corrected chi connectivity index (χ0v) is 20.3. The molecule has 2 aromatic carbocycles. The van der Waals surface area contributed by atoms with Gasteiger partial charge in [-0.2, -0.15) is 20.0 Å². The summed E-state index contributed by atoms with van der Waals surface area (Å²) >= 11 is 6.66. The molecule has 2 heterocycles. The molecule has 2 fully saturated rings. The molecule has 35 heavy (non-hydrogen) atoms. The van der Waals surface area contributed by atoms with Crippen LogP contribution in [-0.4, -0.2) is 41.3 Å². The quantitative estimate of drug-likeness (QED) is 0.201. The second kappa shape index (κ2) is 10.3. The number of aromatic nitrogens is 3. The van der Waals surface area contributed by atoms with Crippen LogP contribution in [0, 0.1) is 0 Å². The highest BCUT2D eigenvalue weighted by Gasteiger charge is 2.33. The Morgan fingerprint density at radius 3 is 2.40 bits per heavy atom. The Balaban J connectivity index is 1.39. The van der Waals surface area contributed by atoms with Crippen molar-refractivity contribution >= 4 is 63.8 Å². The van der Waals surface area contributed by atoms with E-state index in [-0.39, 0.29) is 23.6 Å². The van der Waals surface area contributed by atoms with Crippen molar-refractivity contribution in [1.29, 1.82) is 0 Å². The largest absolute Gasteiger partial charge is 0.508 e. The van der Waals surface area contributed by atoms with Crippen LogP contribution in [-0.2, 0) is 4.79 Å². The number of hydrogen-bond donors (Lipinski definition) is 4. The molecule has 2 aliphatic rings. The molecule has 0 atom stereocenters. The van der Waals surface area contributed by atoms with Crippen LogP contribution in [0.4, 0.5) is 23.5 Å². The molecule has 4 N–H and O–H groups in total. The third-order valence-electron chi connectivity index (χ3n) is 5.55. The molecule has 3 aromatic rings. The summed E-state index contributed by atoms with van der Waals surface area (Å²) in [5.74, 6) is 0.761. The van der Waals surface area contributed by atoms with E-state index in [9.17, 15) is 9.90 Å². The Kier molecular flexibility index (Phi) is 6.77. The van der Waals surface area contributed by atoms with Crippen LogP contribution in [0.15, 0.2) is 59.5 Å². The molecular weight excluding hydrogens is 482 g/mol. The standard InChI is InChI=1S/C24H23N7O2S2/c32-18-12-10-17(11-13-18)26-22-27-21(25-16-8-4-5-9-16)28-23(29-22)30-31-20(33)19(35-24(31)34)14-15-6-2-1-3-7-15/h1-3,6-7,10-14,16,32H,4-5,8-9H2,(H3,25,26,27,28,29,30)/b19-14-. The molecule has 178 valence electrons. The minimum Gasteiger partial charge on any atom is -0.508 e. The molecule has 11 heteroatoms. The fourth-order valence-electron chi connectivity index (χ4n) is 3.84. The maximum Gasteiger partial charge on any atom is 0.285 e. The smallest absolute Gasteiger partial charge is 0.285 e. The summed E-state index contributed by atoms with van der Waals surface area (Å²) in [5.41, 5.74) is 4.57. The Bertz CT molecular complexity index is 1260. The SMILES string of the molecule is O=C1/C(=C/c2ccccc2)SC(=S)N1Nc1nc(Nc2ccc(O)cc2)nc(NC2CCCC2)n1. The van der Waals surface area contributed by atoms with Crippen LogP contribution in [0.25, 0.3) is 6.08 Å². The van der Waals surface area contributed by atoms with Gasteiger partial charge in [-0.3, -0.25) is 10.2 Å². The minimum absolute atomic E-state index is 0.162. The summed E-state index contributed by atoms with van der Waals surface area (Å²) in [4.78, 5) is 27.0. The molecule has 1 aliphatic heterocycles. The first-order valence-electron chi connectivity index (χ1n) is 11.2. The first kappa shape index (κ1) is 23.1. The van der Waals surface area contributed by atoms with Gasteiger partial charge in [-0.15, -0.1) is 0 Å². The maximum atomic E-state index is 13.1. The number of hydrazine groups is 1. The predicted molar refractivity (Wildman–Crippen MR) is 142 cm³/mol. The van der Waals surface area contributed by atoms with Crippen molar-refractivity contribution in [3.05, 3.63) is 65.1 Å². The number of carbonyl (C=O) groups excluding carboxylic acids is 1. The van der Waals surface area contributed by atoms with Gasteiger partial charge in [0.2, 0.25) is 17.8 Å². The molecule has 0 unspecified atom stereocenters. The fraction of sp³-hybridized carbons (Fsp3) is 0.208. The number of aromatic hydroxyl groups is 1.